The lowest BCUT2D eigenvalue weighted by Crippen LogP contribution is -2.38. The quantitative estimate of drug-likeness (QED) is 0.753. The number of anilines is 1. The Balaban J connectivity index is 2.09. The zero-order valence-electron chi connectivity index (χ0n) is 15.2. The Bertz CT molecular complexity index is 542. The highest BCUT2D eigenvalue weighted by Gasteiger charge is 2.19. The smallest absolute Gasteiger partial charge is 0.270 e. The van der Waals surface area contributed by atoms with Gasteiger partial charge in [0.2, 0.25) is 5.95 Å². The molecule has 1 aromatic heterocycles. The van der Waals surface area contributed by atoms with Crippen LogP contribution >= 0.6 is 0 Å². The molecule has 24 heavy (non-hydrogen) atoms. The minimum absolute atomic E-state index is 0.132. The van der Waals surface area contributed by atoms with Crippen LogP contribution in [0.4, 0.5) is 5.95 Å². The Hall–Kier alpha value is -1.73. The third kappa shape index (κ3) is 5.42. The highest BCUT2D eigenvalue weighted by Crippen LogP contribution is 2.18. The largest absolute Gasteiger partial charge is 0.378 e. The van der Waals surface area contributed by atoms with Gasteiger partial charge in [-0.3, -0.25) is 4.79 Å². The molecular formula is C17H29N5O2. The first-order valence-electron chi connectivity index (χ1n) is 8.62. The molecule has 0 unspecified atom stereocenters. The first kappa shape index (κ1) is 18.6. The summed E-state index contributed by atoms with van der Waals surface area (Å²) in [5.74, 6) is 0.739. The molecule has 0 aromatic carbocycles. The van der Waals surface area contributed by atoms with E-state index in [1.165, 1.54) is 0 Å². The van der Waals surface area contributed by atoms with Gasteiger partial charge in [0.15, 0.2) is 0 Å². The molecule has 1 saturated heterocycles. The summed E-state index contributed by atoms with van der Waals surface area (Å²) in [6, 6.07) is 1.80. The fraction of sp³-hybridized carbons (Fsp3) is 0.706. The van der Waals surface area contributed by atoms with Crippen molar-refractivity contribution in [1.29, 1.82) is 0 Å². The van der Waals surface area contributed by atoms with Gasteiger partial charge in [-0.15, -0.1) is 0 Å². The summed E-state index contributed by atoms with van der Waals surface area (Å²) in [4.78, 5) is 25.7. The summed E-state index contributed by atoms with van der Waals surface area (Å²) >= 11 is 0. The first-order valence-corrected chi connectivity index (χ1v) is 8.62. The van der Waals surface area contributed by atoms with Gasteiger partial charge in [0.25, 0.3) is 5.91 Å². The average molecular weight is 335 g/mol. The fourth-order valence-corrected chi connectivity index (χ4v) is 2.46. The molecule has 2 heterocycles. The Kier molecular flexibility index (Phi) is 6.93. The Morgan fingerprint density at radius 2 is 2.04 bits per heavy atom. The predicted molar refractivity (Wildman–Crippen MR) is 94.7 cm³/mol. The number of ether oxygens (including phenoxy) is 1. The van der Waals surface area contributed by atoms with Crippen molar-refractivity contribution in [2.24, 2.45) is 0 Å². The van der Waals surface area contributed by atoms with Gasteiger partial charge in [0.1, 0.15) is 5.69 Å². The maximum Gasteiger partial charge on any atom is 0.270 e. The van der Waals surface area contributed by atoms with Crippen LogP contribution in [0.3, 0.4) is 0 Å². The zero-order chi connectivity index (χ0) is 17.5. The van der Waals surface area contributed by atoms with Gasteiger partial charge in [0.05, 0.1) is 13.2 Å². The monoisotopic (exact) mass is 335 g/mol. The lowest BCUT2D eigenvalue weighted by Gasteiger charge is -2.27. The molecule has 0 atom stereocenters. The maximum atomic E-state index is 12.4. The summed E-state index contributed by atoms with van der Waals surface area (Å²) in [5.41, 5.74) is 1.34. The minimum Gasteiger partial charge on any atom is -0.378 e. The third-order valence-corrected chi connectivity index (χ3v) is 3.92. The molecule has 0 saturated carbocycles. The van der Waals surface area contributed by atoms with Crippen molar-refractivity contribution in [3.8, 4) is 0 Å². The van der Waals surface area contributed by atoms with Gasteiger partial charge >= 0.3 is 0 Å². The van der Waals surface area contributed by atoms with Crippen LogP contribution in [0.25, 0.3) is 0 Å². The maximum absolute atomic E-state index is 12.4. The molecule has 7 heteroatoms. The van der Waals surface area contributed by atoms with Gasteiger partial charge in [0, 0.05) is 25.3 Å². The van der Waals surface area contributed by atoms with Crippen LogP contribution in [0.15, 0.2) is 6.07 Å². The summed E-state index contributed by atoms with van der Waals surface area (Å²) in [6.07, 6.45) is 0.914. The van der Waals surface area contributed by atoms with Crippen LogP contribution in [0.1, 0.15) is 42.4 Å². The van der Waals surface area contributed by atoms with E-state index in [2.05, 4.69) is 38.9 Å². The molecule has 1 amide bonds. The summed E-state index contributed by atoms with van der Waals surface area (Å²) < 4.78 is 5.38. The minimum atomic E-state index is -0.132. The molecule has 0 aliphatic carbocycles. The Labute approximate surface area is 144 Å². The molecule has 0 spiro atoms. The highest BCUT2D eigenvalue weighted by atomic mass is 16.5. The van der Waals surface area contributed by atoms with Gasteiger partial charge in [-0.05, 0) is 39.0 Å². The molecule has 1 N–H and O–H groups in total. The average Bonchev–Trinajstić information content (AvgIpc) is 2.58. The number of rotatable bonds is 7. The van der Waals surface area contributed by atoms with Crippen molar-refractivity contribution in [2.45, 2.75) is 26.2 Å². The van der Waals surface area contributed by atoms with Crippen molar-refractivity contribution in [1.82, 2.24) is 20.2 Å². The summed E-state index contributed by atoms with van der Waals surface area (Å²) in [6.45, 7) is 8.58. The van der Waals surface area contributed by atoms with E-state index in [1.54, 1.807) is 6.07 Å². The number of nitrogens with zero attached hydrogens (tertiary/aromatic N) is 4. The number of hydrogen-bond donors (Lipinski definition) is 1. The summed E-state index contributed by atoms with van der Waals surface area (Å²) in [7, 11) is 4.05. The molecule has 134 valence electrons. The van der Waals surface area contributed by atoms with E-state index in [0.29, 0.717) is 31.4 Å². The second kappa shape index (κ2) is 8.94. The third-order valence-electron chi connectivity index (χ3n) is 3.92. The van der Waals surface area contributed by atoms with Crippen LogP contribution < -0.4 is 10.2 Å². The zero-order valence-corrected chi connectivity index (χ0v) is 15.2. The van der Waals surface area contributed by atoms with E-state index in [9.17, 15) is 4.79 Å². The van der Waals surface area contributed by atoms with E-state index in [4.69, 9.17) is 4.74 Å². The molecule has 1 aliphatic rings. The van der Waals surface area contributed by atoms with E-state index < -0.39 is 0 Å². The van der Waals surface area contributed by atoms with Crippen molar-refractivity contribution >= 4 is 11.9 Å². The van der Waals surface area contributed by atoms with Crippen molar-refractivity contribution in [2.75, 3.05) is 58.4 Å². The molecule has 0 bridgehead atoms. The van der Waals surface area contributed by atoms with Crippen molar-refractivity contribution in [3.05, 3.63) is 17.5 Å². The Morgan fingerprint density at radius 3 is 2.67 bits per heavy atom. The van der Waals surface area contributed by atoms with Crippen LogP contribution in [0.2, 0.25) is 0 Å². The predicted octanol–water partition coefficient (Wildman–Crippen LogP) is 1.12. The molecule has 1 aromatic rings. The number of carbonyl (C=O) groups is 1. The van der Waals surface area contributed by atoms with Crippen LogP contribution in [-0.2, 0) is 4.74 Å². The lowest BCUT2D eigenvalue weighted by atomic mass is 10.1. The van der Waals surface area contributed by atoms with E-state index in [-0.39, 0.29) is 11.8 Å². The topological polar surface area (TPSA) is 70.6 Å². The summed E-state index contributed by atoms with van der Waals surface area (Å²) in [5, 5.41) is 2.95. The molecule has 1 fully saturated rings. The van der Waals surface area contributed by atoms with E-state index in [0.717, 1.165) is 31.7 Å². The second-order valence-corrected chi connectivity index (χ2v) is 6.64. The van der Waals surface area contributed by atoms with E-state index in [1.807, 2.05) is 14.1 Å². The lowest BCUT2D eigenvalue weighted by molar-refractivity contribution is 0.0947. The Morgan fingerprint density at radius 1 is 1.33 bits per heavy atom. The van der Waals surface area contributed by atoms with Crippen LogP contribution in [-0.4, -0.2) is 74.3 Å². The van der Waals surface area contributed by atoms with Crippen molar-refractivity contribution < 1.29 is 9.53 Å². The SMILES string of the molecule is CC(C)c1cc(C(=O)NCCCN(C)C)nc(N2CCOCC2)n1. The van der Waals surface area contributed by atoms with Crippen LogP contribution in [0, 0.1) is 0 Å². The van der Waals surface area contributed by atoms with Crippen LogP contribution in [0.5, 0.6) is 0 Å². The highest BCUT2D eigenvalue weighted by molar-refractivity contribution is 5.92. The van der Waals surface area contributed by atoms with E-state index >= 15 is 0 Å². The van der Waals surface area contributed by atoms with Gasteiger partial charge in [-0.2, -0.15) is 0 Å². The number of morpholine rings is 1. The molecule has 7 nitrogen and oxygen atoms in total. The first-order chi connectivity index (χ1) is 11.5. The molecule has 1 aliphatic heterocycles. The molecule has 0 radical (unpaired) electrons. The van der Waals surface area contributed by atoms with Gasteiger partial charge in [-0.1, -0.05) is 13.8 Å². The number of hydrogen-bond acceptors (Lipinski definition) is 6. The van der Waals surface area contributed by atoms with Gasteiger partial charge in [-0.25, -0.2) is 9.97 Å². The number of carbonyl (C=O) groups excluding carboxylic acids is 1. The number of aromatic nitrogens is 2. The van der Waals surface area contributed by atoms with Gasteiger partial charge < -0.3 is 19.9 Å². The standard InChI is InChI=1S/C17H29N5O2/c1-13(2)14-12-15(16(23)18-6-5-7-21(3)4)20-17(19-14)22-8-10-24-11-9-22/h12-13H,5-11H2,1-4H3,(H,18,23). The second-order valence-electron chi connectivity index (χ2n) is 6.64. The molecule has 2 rings (SSSR count). The number of nitrogens with one attached hydrogen (secondary N) is 1. The van der Waals surface area contributed by atoms with Crippen molar-refractivity contribution in [3.63, 3.8) is 0 Å². The number of amides is 1. The normalized spacial score (nSPS) is 15.2. The fourth-order valence-electron chi connectivity index (χ4n) is 2.46. The molecular weight excluding hydrogens is 306 g/mol.